The summed E-state index contributed by atoms with van der Waals surface area (Å²) in [6, 6.07) is 3.39. The van der Waals surface area contributed by atoms with Crippen molar-refractivity contribution in [1.82, 2.24) is 4.72 Å². The maximum absolute atomic E-state index is 12.4. The molecule has 0 fully saturated rings. The van der Waals surface area contributed by atoms with Gasteiger partial charge in [-0.3, -0.25) is 0 Å². The lowest BCUT2D eigenvalue weighted by atomic mass is 10.1. The Morgan fingerprint density at radius 2 is 2.05 bits per heavy atom. The van der Waals surface area contributed by atoms with Gasteiger partial charge in [-0.05, 0) is 31.0 Å². The number of ether oxygens (including phenoxy) is 1. The molecular weight excluding hydrogens is 296 g/mol. The van der Waals surface area contributed by atoms with Gasteiger partial charge in [0, 0.05) is 18.3 Å². The first-order valence-corrected chi connectivity index (χ1v) is 7.82. The number of sulfonamides is 1. The van der Waals surface area contributed by atoms with Crippen LogP contribution < -0.4 is 10.5 Å². The number of hydrogen-bond acceptors (Lipinski definition) is 6. The first-order chi connectivity index (χ1) is 9.72. The molecule has 0 spiro atoms. The van der Waals surface area contributed by atoms with E-state index in [2.05, 4.69) is 9.46 Å². The zero-order valence-electron chi connectivity index (χ0n) is 12.2. The predicted octanol–water partition coefficient (Wildman–Crippen LogP) is 0.351. The fourth-order valence-electron chi connectivity index (χ4n) is 1.63. The zero-order chi connectivity index (χ0) is 16.2. The molecular formula is C13H20N2O5S. The normalized spacial score (nSPS) is 14.5. The topological polar surface area (TPSA) is 119 Å². The fourth-order valence-corrected chi connectivity index (χ4v) is 3.16. The molecule has 0 bridgehead atoms. The molecule has 8 heteroatoms. The molecule has 0 aliphatic carbocycles. The van der Waals surface area contributed by atoms with E-state index in [0.717, 1.165) is 7.11 Å². The third kappa shape index (κ3) is 4.16. The Morgan fingerprint density at radius 1 is 1.43 bits per heavy atom. The van der Waals surface area contributed by atoms with E-state index in [1.807, 2.05) is 0 Å². The lowest BCUT2D eigenvalue weighted by molar-refractivity contribution is 0.0596. The molecule has 1 aromatic carbocycles. The second-order valence-corrected chi connectivity index (χ2v) is 6.50. The largest absolute Gasteiger partial charge is 0.465 e. The lowest BCUT2D eigenvalue weighted by Crippen LogP contribution is -2.38. The summed E-state index contributed by atoms with van der Waals surface area (Å²) in [5, 5.41) is 9.06. The molecule has 0 aliphatic heterocycles. The summed E-state index contributed by atoms with van der Waals surface area (Å²) < 4.78 is 31.7. The molecule has 0 saturated heterocycles. The zero-order valence-corrected chi connectivity index (χ0v) is 13.0. The van der Waals surface area contributed by atoms with Gasteiger partial charge < -0.3 is 15.6 Å². The van der Waals surface area contributed by atoms with Gasteiger partial charge >= 0.3 is 5.97 Å². The maximum atomic E-state index is 12.4. The summed E-state index contributed by atoms with van der Waals surface area (Å²) in [4.78, 5) is 11.5. The van der Waals surface area contributed by atoms with Crippen LogP contribution in [-0.4, -0.2) is 39.3 Å². The van der Waals surface area contributed by atoms with Gasteiger partial charge in [-0.15, -0.1) is 0 Å². The molecule has 4 N–H and O–H groups in total. The molecule has 7 nitrogen and oxygen atoms in total. The molecule has 21 heavy (non-hydrogen) atoms. The molecule has 0 aliphatic rings. The molecule has 0 saturated carbocycles. The molecule has 0 heterocycles. The number of benzene rings is 1. The van der Waals surface area contributed by atoms with Crippen LogP contribution >= 0.6 is 0 Å². The summed E-state index contributed by atoms with van der Waals surface area (Å²) in [5.74, 6) is -1.05. The first-order valence-electron chi connectivity index (χ1n) is 6.34. The number of aliphatic hydroxyl groups excluding tert-OH is 1. The van der Waals surface area contributed by atoms with E-state index in [1.54, 1.807) is 13.8 Å². The van der Waals surface area contributed by atoms with Gasteiger partial charge in [0.2, 0.25) is 10.0 Å². The third-order valence-corrected chi connectivity index (χ3v) is 4.80. The minimum absolute atomic E-state index is 0.131. The number of nitrogens with two attached hydrogens (primary N) is 1. The Bertz CT molecular complexity index is 615. The minimum atomic E-state index is -3.93. The van der Waals surface area contributed by atoms with E-state index in [0.29, 0.717) is 0 Å². The highest BCUT2D eigenvalue weighted by Gasteiger charge is 2.26. The Hall–Kier alpha value is -1.64. The predicted molar refractivity (Wildman–Crippen MR) is 78.2 cm³/mol. The number of nitrogen functional groups attached to an aromatic ring is 1. The van der Waals surface area contributed by atoms with Gasteiger partial charge in [-0.25, -0.2) is 17.9 Å². The molecule has 1 rings (SSSR count). The molecule has 0 amide bonds. The summed E-state index contributed by atoms with van der Waals surface area (Å²) in [6.07, 6.45) is 0. The fraction of sp³-hybridized carbons (Fsp3) is 0.462. The van der Waals surface area contributed by atoms with Crippen molar-refractivity contribution in [3.8, 4) is 0 Å². The van der Waals surface area contributed by atoms with Gasteiger partial charge in [0.25, 0.3) is 0 Å². The van der Waals surface area contributed by atoms with Crippen molar-refractivity contribution in [2.45, 2.75) is 24.8 Å². The second-order valence-electron chi connectivity index (χ2n) is 4.82. The van der Waals surface area contributed by atoms with Crippen LogP contribution in [0.15, 0.2) is 23.1 Å². The Labute approximate surface area is 124 Å². The summed E-state index contributed by atoms with van der Waals surface area (Å²) >= 11 is 0. The molecule has 1 aromatic rings. The standard InChI is InChI=1S/C13H20N2O5S/c1-8(7-16)9(2)15-21(18,19)12-5-4-10(14)6-11(12)13(17)20-3/h4-6,8-9,15-16H,7,14H2,1-3H3. The number of hydrogen-bond donors (Lipinski definition) is 3. The molecule has 0 aromatic heterocycles. The quantitative estimate of drug-likeness (QED) is 0.515. The van der Waals surface area contributed by atoms with E-state index < -0.39 is 22.0 Å². The molecule has 2 unspecified atom stereocenters. The molecule has 0 radical (unpaired) electrons. The van der Waals surface area contributed by atoms with Crippen LogP contribution in [-0.2, 0) is 14.8 Å². The van der Waals surface area contributed by atoms with E-state index in [4.69, 9.17) is 10.8 Å². The third-order valence-electron chi connectivity index (χ3n) is 3.18. The van der Waals surface area contributed by atoms with E-state index in [9.17, 15) is 13.2 Å². The maximum Gasteiger partial charge on any atom is 0.339 e. The van der Waals surface area contributed by atoms with Crippen LogP contribution in [0.1, 0.15) is 24.2 Å². The summed E-state index contributed by atoms with van der Waals surface area (Å²) in [6.45, 7) is 3.18. The number of esters is 1. The van der Waals surface area contributed by atoms with Gasteiger partial charge in [0.1, 0.15) is 0 Å². The summed E-state index contributed by atoms with van der Waals surface area (Å²) in [5.41, 5.74) is 5.70. The van der Waals surface area contributed by atoms with Crippen molar-refractivity contribution in [1.29, 1.82) is 0 Å². The molecule has 118 valence electrons. The number of carbonyl (C=O) groups excluding carboxylic acids is 1. The average molecular weight is 316 g/mol. The number of carbonyl (C=O) groups is 1. The van der Waals surface area contributed by atoms with Crippen LogP contribution in [0.25, 0.3) is 0 Å². The number of nitrogens with one attached hydrogen (secondary N) is 1. The smallest absolute Gasteiger partial charge is 0.339 e. The van der Waals surface area contributed by atoms with Crippen molar-refractivity contribution in [3.63, 3.8) is 0 Å². The van der Waals surface area contributed by atoms with E-state index in [1.165, 1.54) is 18.2 Å². The first kappa shape index (κ1) is 17.4. The van der Waals surface area contributed by atoms with Crippen LogP contribution in [0.5, 0.6) is 0 Å². The van der Waals surface area contributed by atoms with Crippen molar-refractivity contribution >= 4 is 21.7 Å². The Balaban J connectivity index is 3.22. The number of aliphatic hydroxyl groups is 1. The van der Waals surface area contributed by atoms with Crippen LogP contribution in [0, 0.1) is 5.92 Å². The van der Waals surface area contributed by atoms with E-state index in [-0.39, 0.29) is 28.7 Å². The highest BCUT2D eigenvalue weighted by molar-refractivity contribution is 7.89. The lowest BCUT2D eigenvalue weighted by Gasteiger charge is -2.20. The highest BCUT2D eigenvalue weighted by Crippen LogP contribution is 2.20. The second kappa shape index (κ2) is 6.88. The number of methoxy groups -OCH3 is 1. The van der Waals surface area contributed by atoms with Gasteiger partial charge in [0.05, 0.1) is 17.6 Å². The highest BCUT2D eigenvalue weighted by atomic mass is 32.2. The van der Waals surface area contributed by atoms with Gasteiger partial charge in [0.15, 0.2) is 0 Å². The Kier molecular flexibility index (Phi) is 5.70. The number of rotatable bonds is 6. The van der Waals surface area contributed by atoms with Crippen LogP contribution in [0.2, 0.25) is 0 Å². The van der Waals surface area contributed by atoms with Crippen molar-refractivity contribution in [3.05, 3.63) is 23.8 Å². The monoisotopic (exact) mass is 316 g/mol. The van der Waals surface area contributed by atoms with Crippen molar-refractivity contribution < 1.29 is 23.1 Å². The molecule has 2 atom stereocenters. The van der Waals surface area contributed by atoms with Crippen molar-refractivity contribution in [2.24, 2.45) is 5.92 Å². The average Bonchev–Trinajstić information content (AvgIpc) is 2.44. The van der Waals surface area contributed by atoms with Crippen molar-refractivity contribution in [2.75, 3.05) is 19.5 Å². The van der Waals surface area contributed by atoms with Crippen LogP contribution in [0.3, 0.4) is 0 Å². The van der Waals surface area contributed by atoms with Crippen LogP contribution in [0.4, 0.5) is 5.69 Å². The van der Waals surface area contributed by atoms with Gasteiger partial charge in [-0.2, -0.15) is 0 Å². The van der Waals surface area contributed by atoms with E-state index >= 15 is 0 Å². The minimum Gasteiger partial charge on any atom is -0.465 e. The van der Waals surface area contributed by atoms with Gasteiger partial charge in [-0.1, -0.05) is 6.92 Å². The Morgan fingerprint density at radius 3 is 2.57 bits per heavy atom. The SMILES string of the molecule is COC(=O)c1cc(N)ccc1S(=O)(=O)NC(C)C(C)CO. The summed E-state index contributed by atoms with van der Waals surface area (Å²) in [7, 11) is -2.78. The number of anilines is 1.